The van der Waals surface area contributed by atoms with E-state index >= 15 is 0 Å². The highest BCUT2D eigenvalue weighted by Gasteiger charge is 2.28. The minimum absolute atomic E-state index is 0.101. The quantitative estimate of drug-likeness (QED) is 0.880. The van der Waals surface area contributed by atoms with Gasteiger partial charge in [-0.25, -0.2) is 9.78 Å². The number of hydrogen-bond donors (Lipinski definition) is 2. The highest BCUT2D eigenvalue weighted by atomic mass is 16.2. The Labute approximate surface area is 119 Å². The van der Waals surface area contributed by atoms with Crippen molar-refractivity contribution in [2.24, 2.45) is 11.8 Å². The number of carbonyl (C=O) groups excluding carboxylic acids is 2. The van der Waals surface area contributed by atoms with Crippen LogP contribution in [-0.4, -0.2) is 27.5 Å². The molecule has 0 aliphatic heterocycles. The predicted octanol–water partition coefficient (Wildman–Crippen LogP) is 1.53. The second-order valence-corrected chi connectivity index (χ2v) is 5.63. The highest BCUT2D eigenvalue weighted by Crippen LogP contribution is 2.29. The van der Waals surface area contributed by atoms with Crippen LogP contribution >= 0.6 is 0 Å². The molecule has 1 saturated carbocycles. The molecular formula is C14H22N4O2. The molecule has 2 N–H and O–H groups in total. The fourth-order valence-corrected chi connectivity index (χ4v) is 2.70. The maximum atomic E-state index is 11.8. The second kappa shape index (κ2) is 6.54. The zero-order valence-corrected chi connectivity index (χ0v) is 12.0. The lowest BCUT2D eigenvalue weighted by molar-refractivity contribution is -0.120. The number of nitrogens with one attached hydrogen (secondary N) is 2. The lowest BCUT2D eigenvalue weighted by Gasteiger charge is -2.34. The molecule has 0 spiro atoms. The summed E-state index contributed by atoms with van der Waals surface area (Å²) >= 11 is 0. The molecule has 3 atom stereocenters. The average Bonchev–Trinajstić information content (AvgIpc) is 2.87. The molecule has 0 aromatic carbocycles. The molecule has 1 aliphatic rings. The average molecular weight is 278 g/mol. The SMILES string of the molecule is C[C@@H]1[C@H](C)CCC[C@H]1NC(=O)NC(=O)Cn1ccnc1. The van der Waals surface area contributed by atoms with Crippen LogP contribution in [0.15, 0.2) is 18.7 Å². The second-order valence-electron chi connectivity index (χ2n) is 5.63. The minimum atomic E-state index is -0.402. The number of hydrogen-bond acceptors (Lipinski definition) is 3. The van der Waals surface area contributed by atoms with Gasteiger partial charge >= 0.3 is 6.03 Å². The van der Waals surface area contributed by atoms with Gasteiger partial charge in [0.1, 0.15) is 6.54 Å². The van der Waals surface area contributed by atoms with Gasteiger partial charge in [-0.05, 0) is 18.3 Å². The molecule has 1 aromatic rings. The lowest BCUT2D eigenvalue weighted by Crippen LogP contribution is -2.49. The molecule has 2 rings (SSSR count). The number of imidazole rings is 1. The zero-order valence-electron chi connectivity index (χ0n) is 12.0. The summed E-state index contributed by atoms with van der Waals surface area (Å²) in [5, 5.41) is 5.28. The van der Waals surface area contributed by atoms with Crippen LogP contribution < -0.4 is 10.6 Å². The van der Waals surface area contributed by atoms with Crippen molar-refractivity contribution >= 4 is 11.9 Å². The molecular weight excluding hydrogens is 256 g/mol. The molecule has 1 aromatic heterocycles. The van der Waals surface area contributed by atoms with Crippen LogP contribution in [0.5, 0.6) is 0 Å². The molecule has 0 unspecified atom stereocenters. The molecule has 1 fully saturated rings. The Morgan fingerprint density at radius 1 is 1.35 bits per heavy atom. The zero-order chi connectivity index (χ0) is 14.5. The third kappa shape index (κ3) is 3.82. The summed E-state index contributed by atoms with van der Waals surface area (Å²) in [6.07, 6.45) is 8.14. The van der Waals surface area contributed by atoms with E-state index in [-0.39, 0.29) is 18.5 Å². The fraction of sp³-hybridized carbons (Fsp3) is 0.643. The third-order valence-electron chi connectivity index (χ3n) is 4.16. The summed E-state index contributed by atoms with van der Waals surface area (Å²) in [7, 11) is 0. The van der Waals surface area contributed by atoms with Crippen molar-refractivity contribution in [3.05, 3.63) is 18.7 Å². The number of rotatable bonds is 3. The summed E-state index contributed by atoms with van der Waals surface area (Å²) in [5.41, 5.74) is 0. The Balaban J connectivity index is 1.78. The molecule has 0 saturated heterocycles. The van der Waals surface area contributed by atoms with E-state index in [2.05, 4.69) is 29.5 Å². The van der Waals surface area contributed by atoms with Gasteiger partial charge < -0.3 is 9.88 Å². The largest absolute Gasteiger partial charge is 0.335 e. The number of urea groups is 1. The molecule has 0 bridgehead atoms. The van der Waals surface area contributed by atoms with Gasteiger partial charge in [-0.3, -0.25) is 10.1 Å². The van der Waals surface area contributed by atoms with E-state index in [1.807, 2.05) is 0 Å². The van der Waals surface area contributed by atoms with E-state index in [1.54, 1.807) is 23.3 Å². The molecule has 6 heteroatoms. The van der Waals surface area contributed by atoms with E-state index in [1.165, 1.54) is 6.42 Å². The summed E-state index contributed by atoms with van der Waals surface area (Å²) in [6.45, 7) is 4.47. The van der Waals surface area contributed by atoms with Crippen molar-refractivity contribution in [2.75, 3.05) is 0 Å². The van der Waals surface area contributed by atoms with Gasteiger partial charge in [0.05, 0.1) is 6.33 Å². The standard InChI is InChI=1S/C14H22N4O2/c1-10-4-3-5-12(11(10)2)16-14(20)17-13(19)8-18-7-6-15-9-18/h6-7,9-12H,3-5,8H2,1-2H3,(H2,16,17,19,20)/t10-,11-,12-/m1/s1. The van der Waals surface area contributed by atoms with Crippen LogP contribution in [0.3, 0.4) is 0 Å². The van der Waals surface area contributed by atoms with Crippen molar-refractivity contribution in [3.8, 4) is 0 Å². The van der Waals surface area contributed by atoms with Crippen LogP contribution in [0.4, 0.5) is 4.79 Å². The maximum absolute atomic E-state index is 11.8. The Hall–Kier alpha value is -1.85. The third-order valence-corrected chi connectivity index (χ3v) is 4.16. The first kappa shape index (κ1) is 14.6. The lowest BCUT2D eigenvalue weighted by atomic mass is 9.78. The topological polar surface area (TPSA) is 76.0 Å². The van der Waals surface area contributed by atoms with E-state index < -0.39 is 6.03 Å². The summed E-state index contributed by atoms with van der Waals surface area (Å²) in [6, 6.07) is -0.249. The molecule has 3 amide bonds. The molecule has 0 radical (unpaired) electrons. The minimum Gasteiger partial charge on any atom is -0.335 e. The normalized spacial score (nSPS) is 26.0. The first-order valence-electron chi connectivity index (χ1n) is 7.12. The van der Waals surface area contributed by atoms with Crippen molar-refractivity contribution in [2.45, 2.75) is 45.7 Å². The molecule has 110 valence electrons. The fourth-order valence-electron chi connectivity index (χ4n) is 2.70. The summed E-state index contributed by atoms with van der Waals surface area (Å²) < 4.78 is 1.62. The smallest absolute Gasteiger partial charge is 0.321 e. The molecule has 20 heavy (non-hydrogen) atoms. The van der Waals surface area contributed by atoms with Gasteiger partial charge in [0, 0.05) is 18.4 Å². The maximum Gasteiger partial charge on any atom is 0.321 e. The van der Waals surface area contributed by atoms with Gasteiger partial charge in [0.15, 0.2) is 0 Å². The first-order valence-corrected chi connectivity index (χ1v) is 7.12. The number of amides is 3. The van der Waals surface area contributed by atoms with E-state index in [0.29, 0.717) is 11.8 Å². The number of nitrogens with zero attached hydrogens (tertiary/aromatic N) is 2. The monoisotopic (exact) mass is 278 g/mol. The van der Waals surface area contributed by atoms with Gasteiger partial charge in [-0.1, -0.05) is 26.7 Å². The first-order chi connectivity index (χ1) is 9.56. The van der Waals surface area contributed by atoms with Gasteiger partial charge in [0.2, 0.25) is 5.91 Å². The van der Waals surface area contributed by atoms with Crippen LogP contribution in [-0.2, 0) is 11.3 Å². The molecule has 6 nitrogen and oxygen atoms in total. The number of carbonyl (C=O) groups is 2. The Morgan fingerprint density at radius 2 is 2.15 bits per heavy atom. The Morgan fingerprint density at radius 3 is 2.85 bits per heavy atom. The van der Waals surface area contributed by atoms with Gasteiger partial charge in [-0.2, -0.15) is 0 Å². The number of imide groups is 1. The van der Waals surface area contributed by atoms with Crippen molar-refractivity contribution in [1.29, 1.82) is 0 Å². The molecule has 1 heterocycles. The predicted molar refractivity (Wildman–Crippen MR) is 74.9 cm³/mol. The van der Waals surface area contributed by atoms with Crippen molar-refractivity contribution < 1.29 is 9.59 Å². The van der Waals surface area contributed by atoms with Crippen LogP contribution in [0, 0.1) is 11.8 Å². The van der Waals surface area contributed by atoms with E-state index in [9.17, 15) is 9.59 Å². The van der Waals surface area contributed by atoms with E-state index in [0.717, 1.165) is 12.8 Å². The van der Waals surface area contributed by atoms with Gasteiger partial charge in [-0.15, -0.1) is 0 Å². The summed E-state index contributed by atoms with van der Waals surface area (Å²) in [5.74, 6) is 0.714. The van der Waals surface area contributed by atoms with Crippen LogP contribution in [0.2, 0.25) is 0 Å². The highest BCUT2D eigenvalue weighted by molar-refractivity contribution is 5.94. The van der Waals surface area contributed by atoms with Crippen LogP contribution in [0.25, 0.3) is 0 Å². The summed E-state index contributed by atoms with van der Waals surface area (Å²) in [4.78, 5) is 27.4. The number of aromatic nitrogens is 2. The van der Waals surface area contributed by atoms with Crippen molar-refractivity contribution in [1.82, 2.24) is 20.2 Å². The van der Waals surface area contributed by atoms with Crippen molar-refractivity contribution in [3.63, 3.8) is 0 Å². The van der Waals surface area contributed by atoms with Gasteiger partial charge in [0.25, 0.3) is 0 Å². The Bertz CT molecular complexity index is 458. The van der Waals surface area contributed by atoms with Crippen LogP contribution in [0.1, 0.15) is 33.1 Å². The molecule has 1 aliphatic carbocycles. The Kier molecular flexibility index (Phi) is 4.76. The van der Waals surface area contributed by atoms with E-state index in [4.69, 9.17) is 0 Å².